The lowest BCUT2D eigenvalue weighted by Crippen LogP contribution is -2.15. The van der Waals surface area contributed by atoms with Crippen molar-refractivity contribution in [2.75, 3.05) is 13.1 Å². The Morgan fingerprint density at radius 2 is 2.50 bits per heavy atom. The summed E-state index contributed by atoms with van der Waals surface area (Å²) >= 11 is 0. The van der Waals surface area contributed by atoms with Crippen LogP contribution in [0.25, 0.3) is 11.2 Å². The van der Waals surface area contributed by atoms with Crippen molar-refractivity contribution in [2.24, 2.45) is 0 Å². The van der Waals surface area contributed by atoms with Gasteiger partial charge in [-0.3, -0.25) is 0 Å². The van der Waals surface area contributed by atoms with E-state index in [1.54, 1.807) is 0 Å². The van der Waals surface area contributed by atoms with Gasteiger partial charge in [-0.05, 0) is 25.1 Å². The lowest BCUT2D eigenvalue weighted by Gasteiger charge is -2.14. The normalized spacial score (nSPS) is 20.7. The first-order chi connectivity index (χ1) is 7.90. The van der Waals surface area contributed by atoms with Gasteiger partial charge >= 0.3 is 0 Å². The lowest BCUT2D eigenvalue weighted by atomic mass is 10.2. The van der Waals surface area contributed by atoms with Gasteiger partial charge in [0.1, 0.15) is 11.3 Å². The first kappa shape index (κ1) is 9.78. The third-order valence-corrected chi connectivity index (χ3v) is 3.24. The molecule has 0 radical (unpaired) electrons. The predicted octanol–water partition coefficient (Wildman–Crippen LogP) is 1.53. The quantitative estimate of drug-likeness (QED) is 0.827. The van der Waals surface area contributed by atoms with Crippen LogP contribution in [0, 0.1) is 0 Å². The third-order valence-electron chi connectivity index (χ3n) is 3.24. The number of hydrogen-bond acceptors (Lipinski definition) is 3. The first-order valence-corrected chi connectivity index (χ1v) is 5.92. The van der Waals surface area contributed by atoms with Gasteiger partial charge in [-0.25, -0.2) is 9.97 Å². The van der Waals surface area contributed by atoms with Crippen LogP contribution in [0.15, 0.2) is 18.3 Å². The molecular formula is C12H16N4. The number of imidazole rings is 1. The second-order valence-corrected chi connectivity index (χ2v) is 4.24. The molecule has 0 bridgehead atoms. The standard InChI is InChI=1S/C12H16N4/c1-2-11-15-10-4-3-6-14-12(10)16(11)9-5-7-13-8-9/h3-4,6,9,13H,2,5,7-8H2,1H3. The van der Waals surface area contributed by atoms with Crippen molar-refractivity contribution in [1.82, 2.24) is 19.9 Å². The highest BCUT2D eigenvalue weighted by atomic mass is 15.2. The van der Waals surface area contributed by atoms with Crippen LogP contribution in [0.4, 0.5) is 0 Å². The summed E-state index contributed by atoms with van der Waals surface area (Å²) in [7, 11) is 0. The molecule has 84 valence electrons. The Kier molecular flexibility index (Phi) is 2.36. The second-order valence-electron chi connectivity index (χ2n) is 4.24. The van der Waals surface area contributed by atoms with Crippen LogP contribution in [0.1, 0.15) is 25.2 Å². The molecule has 1 aliphatic heterocycles. The Balaban J connectivity index is 2.18. The fourth-order valence-corrected chi connectivity index (χ4v) is 2.47. The van der Waals surface area contributed by atoms with Crippen LogP contribution in [0.2, 0.25) is 0 Å². The number of nitrogens with one attached hydrogen (secondary N) is 1. The Morgan fingerprint density at radius 3 is 3.25 bits per heavy atom. The Hall–Kier alpha value is -1.42. The van der Waals surface area contributed by atoms with Gasteiger partial charge < -0.3 is 9.88 Å². The van der Waals surface area contributed by atoms with Gasteiger partial charge in [-0.15, -0.1) is 0 Å². The van der Waals surface area contributed by atoms with Crippen molar-refractivity contribution in [2.45, 2.75) is 25.8 Å². The van der Waals surface area contributed by atoms with E-state index in [2.05, 4.69) is 26.8 Å². The maximum Gasteiger partial charge on any atom is 0.160 e. The first-order valence-electron chi connectivity index (χ1n) is 5.92. The van der Waals surface area contributed by atoms with E-state index in [4.69, 9.17) is 0 Å². The molecule has 2 aromatic heterocycles. The topological polar surface area (TPSA) is 42.7 Å². The molecule has 1 saturated heterocycles. The number of fused-ring (bicyclic) bond motifs is 1. The molecule has 1 atom stereocenters. The molecule has 1 fully saturated rings. The molecule has 2 aromatic rings. The van der Waals surface area contributed by atoms with E-state index in [0.717, 1.165) is 36.5 Å². The Bertz CT molecular complexity index is 497. The van der Waals surface area contributed by atoms with E-state index in [-0.39, 0.29) is 0 Å². The molecule has 4 nitrogen and oxygen atoms in total. The molecular weight excluding hydrogens is 200 g/mol. The molecule has 3 rings (SSSR count). The summed E-state index contributed by atoms with van der Waals surface area (Å²) in [4.78, 5) is 9.12. The van der Waals surface area contributed by atoms with Crippen LogP contribution in [-0.2, 0) is 6.42 Å². The van der Waals surface area contributed by atoms with Crippen molar-refractivity contribution in [1.29, 1.82) is 0 Å². The maximum atomic E-state index is 4.65. The minimum Gasteiger partial charge on any atom is -0.315 e. The van der Waals surface area contributed by atoms with Crippen molar-refractivity contribution in [3.63, 3.8) is 0 Å². The molecule has 1 aliphatic rings. The number of rotatable bonds is 2. The molecule has 1 unspecified atom stereocenters. The Morgan fingerprint density at radius 1 is 1.56 bits per heavy atom. The summed E-state index contributed by atoms with van der Waals surface area (Å²) in [5.74, 6) is 1.16. The zero-order chi connectivity index (χ0) is 11.0. The van der Waals surface area contributed by atoms with Crippen molar-refractivity contribution >= 4 is 11.2 Å². The molecule has 1 N–H and O–H groups in total. The lowest BCUT2D eigenvalue weighted by molar-refractivity contribution is 0.536. The van der Waals surface area contributed by atoms with E-state index < -0.39 is 0 Å². The number of hydrogen-bond donors (Lipinski definition) is 1. The smallest absolute Gasteiger partial charge is 0.160 e. The highest BCUT2D eigenvalue weighted by Gasteiger charge is 2.21. The predicted molar refractivity (Wildman–Crippen MR) is 63.4 cm³/mol. The fraction of sp³-hybridized carbons (Fsp3) is 0.500. The van der Waals surface area contributed by atoms with Crippen molar-refractivity contribution < 1.29 is 0 Å². The number of nitrogens with zero attached hydrogens (tertiary/aromatic N) is 3. The summed E-state index contributed by atoms with van der Waals surface area (Å²) in [6, 6.07) is 4.52. The van der Waals surface area contributed by atoms with Crippen LogP contribution >= 0.6 is 0 Å². The Labute approximate surface area is 94.7 Å². The van der Waals surface area contributed by atoms with E-state index in [1.165, 1.54) is 6.42 Å². The fourth-order valence-electron chi connectivity index (χ4n) is 2.47. The van der Waals surface area contributed by atoms with Gasteiger partial charge in [-0.1, -0.05) is 6.92 Å². The second kappa shape index (κ2) is 3.87. The van der Waals surface area contributed by atoms with E-state index in [1.807, 2.05) is 18.3 Å². The molecule has 0 saturated carbocycles. The molecule has 3 heterocycles. The molecule has 0 amide bonds. The average molecular weight is 216 g/mol. The van der Waals surface area contributed by atoms with E-state index in [0.29, 0.717) is 6.04 Å². The molecule has 16 heavy (non-hydrogen) atoms. The minimum atomic E-state index is 0.523. The van der Waals surface area contributed by atoms with Crippen molar-refractivity contribution in [3.8, 4) is 0 Å². The minimum absolute atomic E-state index is 0.523. The molecule has 0 spiro atoms. The third kappa shape index (κ3) is 1.41. The zero-order valence-corrected chi connectivity index (χ0v) is 9.48. The highest BCUT2D eigenvalue weighted by Crippen LogP contribution is 2.23. The van der Waals surface area contributed by atoms with Crippen molar-refractivity contribution in [3.05, 3.63) is 24.2 Å². The monoisotopic (exact) mass is 216 g/mol. The summed E-state index contributed by atoms with van der Waals surface area (Å²) < 4.78 is 2.31. The largest absolute Gasteiger partial charge is 0.315 e. The maximum absolute atomic E-state index is 4.65. The summed E-state index contributed by atoms with van der Waals surface area (Å²) in [5.41, 5.74) is 2.05. The summed E-state index contributed by atoms with van der Waals surface area (Å²) in [6.07, 6.45) is 3.99. The average Bonchev–Trinajstić information content (AvgIpc) is 2.94. The highest BCUT2D eigenvalue weighted by molar-refractivity contribution is 5.71. The zero-order valence-electron chi connectivity index (χ0n) is 9.48. The van der Waals surface area contributed by atoms with E-state index >= 15 is 0 Å². The van der Waals surface area contributed by atoms with Crippen LogP contribution in [0.3, 0.4) is 0 Å². The molecule has 0 aromatic carbocycles. The number of aromatic nitrogens is 3. The van der Waals surface area contributed by atoms with Crippen LogP contribution < -0.4 is 5.32 Å². The number of aryl methyl sites for hydroxylation is 1. The van der Waals surface area contributed by atoms with Gasteiger partial charge in [-0.2, -0.15) is 0 Å². The summed E-state index contributed by atoms with van der Waals surface area (Å²) in [5, 5.41) is 3.40. The van der Waals surface area contributed by atoms with Gasteiger partial charge in [0.2, 0.25) is 0 Å². The van der Waals surface area contributed by atoms with Gasteiger partial charge in [0, 0.05) is 19.2 Å². The van der Waals surface area contributed by atoms with Gasteiger partial charge in [0.05, 0.1) is 6.04 Å². The molecule has 4 heteroatoms. The van der Waals surface area contributed by atoms with Crippen LogP contribution in [0.5, 0.6) is 0 Å². The summed E-state index contributed by atoms with van der Waals surface area (Å²) in [6.45, 7) is 4.29. The van der Waals surface area contributed by atoms with Crippen LogP contribution in [-0.4, -0.2) is 27.6 Å². The SMILES string of the molecule is CCc1nc2cccnc2n1C1CCNC1. The van der Waals surface area contributed by atoms with Gasteiger partial charge in [0.25, 0.3) is 0 Å². The van der Waals surface area contributed by atoms with Gasteiger partial charge in [0.15, 0.2) is 5.65 Å². The molecule has 0 aliphatic carbocycles. The van der Waals surface area contributed by atoms with E-state index in [9.17, 15) is 0 Å². The number of pyridine rings is 1.